The van der Waals surface area contributed by atoms with Gasteiger partial charge in [0.25, 0.3) is 0 Å². The van der Waals surface area contributed by atoms with Crippen molar-refractivity contribution in [2.75, 3.05) is 25.5 Å². The Morgan fingerprint density at radius 3 is 2.50 bits per heavy atom. The molecule has 2 rings (SSSR count). The van der Waals surface area contributed by atoms with Crippen molar-refractivity contribution in [2.24, 2.45) is 0 Å². The summed E-state index contributed by atoms with van der Waals surface area (Å²) in [6.45, 7) is 2.72. The molecule has 0 heterocycles. The standard InChI is InChI=1S/C16H20N2O.ClH/c1-19-16-9-5-8-15(12-16)18-11-10-17-13-14-6-3-2-4-7-14;/h2-9,12,17-18H,10-11,13H2,1H3;1H. The second kappa shape index (κ2) is 9.23. The second-order valence-corrected chi connectivity index (χ2v) is 4.32. The van der Waals surface area contributed by atoms with Crippen LogP contribution in [-0.2, 0) is 6.54 Å². The maximum Gasteiger partial charge on any atom is 0.120 e. The van der Waals surface area contributed by atoms with Gasteiger partial charge in [-0.1, -0.05) is 36.4 Å². The van der Waals surface area contributed by atoms with Crippen molar-refractivity contribution in [2.45, 2.75) is 6.54 Å². The van der Waals surface area contributed by atoms with Gasteiger partial charge in [-0.05, 0) is 17.7 Å². The van der Waals surface area contributed by atoms with E-state index in [9.17, 15) is 0 Å². The van der Waals surface area contributed by atoms with Crippen LogP contribution in [0, 0.1) is 0 Å². The molecule has 0 bridgehead atoms. The zero-order chi connectivity index (χ0) is 13.3. The number of methoxy groups -OCH3 is 1. The highest BCUT2D eigenvalue weighted by Crippen LogP contribution is 2.16. The summed E-state index contributed by atoms with van der Waals surface area (Å²) in [7, 11) is 1.68. The molecule has 0 aliphatic rings. The Bertz CT molecular complexity index is 491. The Morgan fingerprint density at radius 2 is 1.75 bits per heavy atom. The lowest BCUT2D eigenvalue weighted by atomic mass is 10.2. The van der Waals surface area contributed by atoms with Gasteiger partial charge in [0.1, 0.15) is 5.75 Å². The molecule has 0 saturated heterocycles. The van der Waals surface area contributed by atoms with Crippen LogP contribution in [0.3, 0.4) is 0 Å². The summed E-state index contributed by atoms with van der Waals surface area (Å²) in [5.74, 6) is 0.877. The third kappa shape index (κ3) is 5.51. The fourth-order valence-electron chi connectivity index (χ4n) is 1.86. The van der Waals surface area contributed by atoms with E-state index in [1.807, 2.05) is 30.3 Å². The number of anilines is 1. The van der Waals surface area contributed by atoms with Crippen LogP contribution in [-0.4, -0.2) is 20.2 Å². The van der Waals surface area contributed by atoms with E-state index in [2.05, 4.69) is 34.9 Å². The van der Waals surface area contributed by atoms with Crippen molar-refractivity contribution < 1.29 is 4.74 Å². The van der Waals surface area contributed by atoms with E-state index in [1.54, 1.807) is 7.11 Å². The Balaban J connectivity index is 0.00000200. The summed E-state index contributed by atoms with van der Waals surface area (Å²) in [6, 6.07) is 18.4. The molecule has 0 unspecified atom stereocenters. The van der Waals surface area contributed by atoms with Gasteiger partial charge in [0.05, 0.1) is 7.11 Å². The molecule has 0 fully saturated rings. The maximum absolute atomic E-state index is 5.18. The average Bonchev–Trinajstić information content (AvgIpc) is 2.48. The minimum Gasteiger partial charge on any atom is -0.497 e. The molecule has 2 N–H and O–H groups in total. The molecule has 2 aromatic carbocycles. The summed E-state index contributed by atoms with van der Waals surface area (Å²) in [5, 5.41) is 6.77. The van der Waals surface area contributed by atoms with Gasteiger partial charge in [-0.15, -0.1) is 12.4 Å². The lowest BCUT2D eigenvalue weighted by Gasteiger charge is -2.09. The van der Waals surface area contributed by atoms with E-state index < -0.39 is 0 Å². The highest BCUT2D eigenvalue weighted by atomic mass is 35.5. The fraction of sp³-hybridized carbons (Fsp3) is 0.250. The van der Waals surface area contributed by atoms with Gasteiger partial charge >= 0.3 is 0 Å². The lowest BCUT2D eigenvalue weighted by Crippen LogP contribution is -2.21. The normalized spacial score (nSPS) is 9.65. The average molecular weight is 293 g/mol. The number of rotatable bonds is 7. The van der Waals surface area contributed by atoms with E-state index in [0.29, 0.717) is 0 Å². The molecule has 4 heteroatoms. The topological polar surface area (TPSA) is 33.3 Å². The molecule has 0 saturated carbocycles. The summed E-state index contributed by atoms with van der Waals surface area (Å²) in [4.78, 5) is 0. The van der Waals surface area contributed by atoms with E-state index in [1.165, 1.54) is 5.56 Å². The van der Waals surface area contributed by atoms with Gasteiger partial charge in [-0.2, -0.15) is 0 Å². The van der Waals surface area contributed by atoms with Gasteiger partial charge < -0.3 is 15.4 Å². The zero-order valence-corrected chi connectivity index (χ0v) is 12.5. The summed E-state index contributed by atoms with van der Waals surface area (Å²) < 4.78 is 5.18. The first-order valence-electron chi connectivity index (χ1n) is 6.51. The molecule has 3 nitrogen and oxygen atoms in total. The number of hydrogen-bond donors (Lipinski definition) is 2. The van der Waals surface area contributed by atoms with E-state index in [-0.39, 0.29) is 12.4 Å². The Kier molecular flexibility index (Phi) is 7.55. The molecular weight excluding hydrogens is 272 g/mol. The molecule has 108 valence electrons. The van der Waals surface area contributed by atoms with Gasteiger partial charge in [-0.3, -0.25) is 0 Å². The SMILES string of the molecule is COc1cccc(NCCNCc2ccccc2)c1.Cl. The van der Waals surface area contributed by atoms with Crippen LogP contribution in [0.1, 0.15) is 5.56 Å². The van der Waals surface area contributed by atoms with Gasteiger partial charge in [0.2, 0.25) is 0 Å². The smallest absolute Gasteiger partial charge is 0.120 e. The fourth-order valence-corrected chi connectivity index (χ4v) is 1.86. The first-order valence-corrected chi connectivity index (χ1v) is 6.51. The van der Waals surface area contributed by atoms with Crippen molar-refractivity contribution in [1.82, 2.24) is 5.32 Å². The minimum absolute atomic E-state index is 0. The molecule has 0 radical (unpaired) electrons. The summed E-state index contributed by atoms with van der Waals surface area (Å²) in [5.41, 5.74) is 2.39. The number of ether oxygens (including phenoxy) is 1. The maximum atomic E-state index is 5.18. The molecule has 0 aliphatic heterocycles. The largest absolute Gasteiger partial charge is 0.497 e. The van der Waals surface area contributed by atoms with Crippen molar-refractivity contribution >= 4 is 18.1 Å². The molecule has 0 aromatic heterocycles. The molecule has 0 aliphatic carbocycles. The van der Waals surface area contributed by atoms with E-state index in [0.717, 1.165) is 31.1 Å². The quantitative estimate of drug-likeness (QED) is 0.768. The first-order chi connectivity index (χ1) is 9.38. The molecule has 2 aromatic rings. The third-order valence-corrected chi connectivity index (χ3v) is 2.87. The summed E-state index contributed by atoms with van der Waals surface area (Å²) >= 11 is 0. The van der Waals surface area contributed by atoms with E-state index >= 15 is 0 Å². The third-order valence-electron chi connectivity index (χ3n) is 2.87. The lowest BCUT2D eigenvalue weighted by molar-refractivity contribution is 0.415. The van der Waals surface area contributed by atoms with Crippen molar-refractivity contribution in [1.29, 1.82) is 0 Å². The van der Waals surface area contributed by atoms with E-state index in [4.69, 9.17) is 4.74 Å². The number of nitrogens with one attached hydrogen (secondary N) is 2. The highest BCUT2D eigenvalue weighted by Gasteiger charge is 1.95. The molecule has 0 spiro atoms. The van der Waals surface area contributed by atoms with Crippen LogP contribution in [0.2, 0.25) is 0 Å². The monoisotopic (exact) mass is 292 g/mol. The predicted octanol–water partition coefficient (Wildman–Crippen LogP) is 3.32. The number of halogens is 1. The predicted molar refractivity (Wildman–Crippen MR) is 86.9 cm³/mol. The Labute approximate surface area is 126 Å². The van der Waals surface area contributed by atoms with Gasteiger partial charge in [-0.25, -0.2) is 0 Å². The molecule has 0 amide bonds. The molecule has 0 atom stereocenters. The zero-order valence-electron chi connectivity index (χ0n) is 11.6. The molecule has 20 heavy (non-hydrogen) atoms. The van der Waals surface area contributed by atoms with Gasteiger partial charge in [0, 0.05) is 31.4 Å². The van der Waals surface area contributed by atoms with Crippen LogP contribution in [0.4, 0.5) is 5.69 Å². The van der Waals surface area contributed by atoms with Crippen molar-refractivity contribution in [3.8, 4) is 5.75 Å². The van der Waals surface area contributed by atoms with Crippen LogP contribution < -0.4 is 15.4 Å². The van der Waals surface area contributed by atoms with Crippen LogP contribution >= 0.6 is 12.4 Å². The Morgan fingerprint density at radius 1 is 0.950 bits per heavy atom. The van der Waals surface area contributed by atoms with Crippen molar-refractivity contribution in [3.63, 3.8) is 0 Å². The highest BCUT2D eigenvalue weighted by molar-refractivity contribution is 5.85. The first kappa shape index (κ1) is 16.3. The van der Waals surface area contributed by atoms with Gasteiger partial charge in [0.15, 0.2) is 0 Å². The van der Waals surface area contributed by atoms with Crippen molar-refractivity contribution in [3.05, 3.63) is 60.2 Å². The summed E-state index contributed by atoms with van der Waals surface area (Å²) in [6.07, 6.45) is 0. The Hall–Kier alpha value is -1.71. The van der Waals surface area contributed by atoms with Crippen LogP contribution in [0.5, 0.6) is 5.75 Å². The second-order valence-electron chi connectivity index (χ2n) is 4.32. The van der Waals surface area contributed by atoms with Crippen LogP contribution in [0.15, 0.2) is 54.6 Å². The molecular formula is C16H21ClN2O. The number of hydrogen-bond acceptors (Lipinski definition) is 3. The minimum atomic E-state index is 0. The number of benzene rings is 2. The van der Waals surface area contributed by atoms with Crippen LogP contribution in [0.25, 0.3) is 0 Å².